The third-order valence-electron chi connectivity index (χ3n) is 1.29. The molecule has 60 valence electrons. The van der Waals surface area contributed by atoms with Gasteiger partial charge in [-0.15, -0.1) is 0 Å². The summed E-state index contributed by atoms with van der Waals surface area (Å²) in [7, 11) is 0. The fourth-order valence-electron chi connectivity index (χ4n) is 0.795. The molecule has 0 N–H and O–H groups in total. The van der Waals surface area contributed by atoms with E-state index in [0.29, 0.717) is 5.76 Å². The molecular weight excluding hydrogens is 150 g/mol. The average Bonchev–Trinajstić information content (AvgIpc) is 2.06. The summed E-state index contributed by atoms with van der Waals surface area (Å²) in [5.41, 5.74) is 0. The van der Waals surface area contributed by atoms with Crippen molar-refractivity contribution in [3.63, 3.8) is 0 Å². The first-order valence-corrected chi connectivity index (χ1v) is 3.62. The summed E-state index contributed by atoms with van der Waals surface area (Å²) < 4.78 is 5.29. The minimum Gasteiger partial charge on any atom is -0.461 e. The highest BCUT2D eigenvalue weighted by Crippen LogP contribution is 2.11. The van der Waals surface area contributed by atoms with E-state index in [4.69, 9.17) is 10.00 Å². The molecule has 0 unspecified atom stereocenters. The molecule has 0 fully saturated rings. The van der Waals surface area contributed by atoms with Crippen molar-refractivity contribution in [1.29, 1.82) is 5.26 Å². The molecule has 0 spiro atoms. The minimum atomic E-state index is 0.601. The molecule has 1 aromatic rings. The van der Waals surface area contributed by atoms with Crippen LogP contribution in [0.3, 0.4) is 0 Å². The van der Waals surface area contributed by atoms with Crippen LogP contribution in [0.2, 0.25) is 0 Å². The molecule has 12 heavy (non-hydrogen) atoms. The van der Waals surface area contributed by atoms with Crippen LogP contribution in [0.25, 0.3) is 0 Å². The smallest absolute Gasteiger partial charge is 0.126 e. The van der Waals surface area contributed by atoms with Gasteiger partial charge >= 0.3 is 0 Å². The summed E-state index contributed by atoms with van der Waals surface area (Å²) in [5.74, 6) is 1.35. The second kappa shape index (κ2) is 4.20. The van der Waals surface area contributed by atoms with Crippen molar-refractivity contribution in [2.45, 2.75) is 6.92 Å². The van der Waals surface area contributed by atoms with E-state index in [9.17, 15) is 0 Å². The zero-order valence-corrected chi connectivity index (χ0v) is 6.82. The largest absolute Gasteiger partial charge is 0.461 e. The van der Waals surface area contributed by atoms with Crippen LogP contribution in [0.15, 0.2) is 42.2 Å². The van der Waals surface area contributed by atoms with Gasteiger partial charge in [0.15, 0.2) is 0 Å². The monoisotopic (exact) mass is 159 g/mol. The number of nitriles is 1. The first-order chi connectivity index (χ1) is 5.83. The number of nitrogens with zero attached hydrogens (tertiary/aromatic N) is 1. The number of hydrogen-bond acceptors (Lipinski definition) is 2. The average molecular weight is 159 g/mol. The summed E-state index contributed by atoms with van der Waals surface area (Å²) in [5, 5.41) is 8.31. The Balaban J connectivity index is 2.66. The second-order valence-corrected chi connectivity index (χ2v) is 2.30. The topological polar surface area (TPSA) is 33.0 Å². The molecule has 0 atom stereocenters. The molecule has 0 aliphatic heterocycles. The third-order valence-corrected chi connectivity index (χ3v) is 1.29. The molecule has 2 heteroatoms. The van der Waals surface area contributed by atoms with Crippen LogP contribution in [0, 0.1) is 11.3 Å². The van der Waals surface area contributed by atoms with Gasteiger partial charge in [-0.25, -0.2) is 0 Å². The first kappa shape index (κ1) is 8.35. The van der Waals surface area contributed by atoms with Gasteiger partial charge in [0, 0.05) is 0 Å². The predicted octanol–water partition coefficient (Wildman–Crippen LogP) is 2.49. The molecule has 0 saturated heterocycles. The normalized spacial score (nSPS) is 10.5. The summed E-state index contributed by atoms with van der Waals surface area (Å²) in [6.07, 6.45) is 1.37. The number of ether oxygens (including phenoxy) is 1. The molecule has 0 radical (unpaired) electrons. The predicted molar refractivity (Wildman–Crippen MR) is 46.4 cm³/mol. The standard InChI is InChI=1S/C10H9NO/c1-9(7-8-11)12-10-5-3-2-4-6-10/h2-7H,1H3/b9-7-. The van der Waals surface area contributed by atoms with Gasteiger partial charge in [0.1, 0.15) is 11.5 Å². The van der Waals surface area contributed by atoms with Crippen LogP contribution >= 0.6 is 0 Å². The van der Waals surface area contributed by atoms with Crippen LogP contribution in [-0.2, 0) is 0 Å². The Morgan fingerprint density at radius 3 is 2.67 bits per heavy atom. The number of allylic oxidation sites excluding steroid dienone is 2. The maximum atomic E-state index is 8.31. The van der Waals surface area contributed by atoms with E-state index in [0.717, 1.165) is 5.75 Å². The number of rotatable bonds is 2. The Kier molecular flexibility index (Phi) is 2.92. The molecule has 2 nitrogen and oxygen atoms in total. The van der Waals surface area contributed by atoms with Gasteiger partial charge in [0.05, 0.1) is 12.1 Å². The van der Waals surface area contributed by atoms with Crippen molar-refractivity contribution >= 4 is 0 Å². The van der Waals surface area contributed by atoms with Gasteiger partial charge < -0.3 is 4.74 Å². The van der Waals surface area contributed by atoms with E-state index >= 15 is 0 Å². The fourth-order valence-corrected chi connectivity index (χ4v) is 0.795. The molecule has 0 aromatic heterocycles. The molecule has 0 aliphatic carbocycles. The SMILES string of the molecule is C/C(=C/C#N)Oc1ccccc1. The Hall–Kier alpha value is -1.75. The van der Waals surface area contributed by atoms with E-state index in [1.165, 1.54) is 6.08 Å². The lowest BCUT2D eigenvalue weighted by Crippen LogP contribution is -1.88. The molecule has 0 heterocycles. The maximum Gasteiger partial charge on any atom is 0.126 e. The van der Waals surface area contributed by atoms with Gasteiger partial charge in [-0.2, -0.15) is 5.26 Å². The highest BCUT2D eigenvalue weighted by molar-refractivity contribution is 5.24. The van der Waals surface area contributed by atoms with Crippen molar-refractivity contribution in [2.75, 3.05) is 0 Å². The fraction of sp³-hybridized carbons (Fsp3) is 0.100. The zero-order chi connectivity index (χ0) is 8.81. The molecule has 0 bridgehead atoms. The molecule has 1 rings (SSSR count). The van der Waals surface area contributed by atoms with Crippen LogP contribution in [0.4, 0.5) is 0 Å². The summed E-state index contributed by atoms with van der Waals surface area (Å²) >= 11 is 0. The third kappa shape index (κ3) is 2.47. The van der Waals surface area contributed by atoms with Crippen molar-refractivity contribution in [3.05, 3.63) is 42.2 Å². The molecule has 0 amide bonds. The van der Waals surface area contributed by atoms with E-state index in [1.807, 2.05) is 36.4 Å². The van der Waals surface area contributed by atoms with Crippen LogP contribution in [-0.4, -0.2) is 0 Å². The summed E-state index contributed by atoms with van der Waals surface area (Å²) in [6, 6.07) is 11.3. The molecular formula is C10H9NO. The van der Waals surface area contributed by atoms with Gasteiger partial charge in [0.25, 0.3) is 0 Å². The lowest BCUT2D eigenvalue weighted by atomic mass is 10.3. The number of benzene rings is 1. The van der Waals surface area contributed by atoms with Crippen LogP contribution in [0.5, 0.6) is 5.75 Å². The van der Waals surface area contributed by atoms with E-state index in [1.54, 1.807) is 6.92 Å². The maximum absolute atomic E-state index is 8.31. The Morgan fingerprint density at radius 1 is 1.42 bits per heavy atom. The Morgan fingerprint density at radius 2 is 2.08 bits per heavy atom. The summed E-state index contributed by atoms with van der Waals surface area (Å²) in [6.45, 7) is 1.75. The molecule has 0 aliphatic rings. The Labute approximate surface area is 71.7 Å². The van der Waals surface area contributed by atoms with Crippen molar-refractivity contribution in [3.8, 4) is 11.8 Å². The van der Waals surface area contributed by atoms with Crippen molar-refractivity contribution in [1.82, 2.24) is 0 Å². The second-order valence-electron chi connectivity index (χ2n) is 2.30. The molecule has 1 aromatic carbocycles. The first-order valence-electron chi connectivity index (χ1n) is 3.62. The van der Waals surface area contributed by atoms with Crippen molar-refractivity contribution < 1.29 is 4.74 Å². The van der Waals surface area contributed by atoms with Crippen LogP contribution < -0.4 is 4.74 Å². The lowest BCUT2D eigenvalue weighted by Gasteiger charge is -2.02. The number of hydrogen-bond donors (Lipinski definition) is 0. The highest BCUT2D eigenvalue weighted by atomic mass is 16.5. The van der Waals surface area contributed by atoms with Crippen molar-refractivity contribution in [2.24, 2.45) is 0 Å². The highest BCUT2D eigenvalue weighted by Gasteiger charge is 1.91. The quantitative estimate of drug-likeness (QED) is 0.490. The lowest BCUT2D eigenvalue weighted by molar-refractivity contribution is 0.428. The number of para-hydroxylation sites is 1. The van der Waals surface area contributed by atoms with E-state index < -0.39 is 0 Å². The van der Waals surface area contributed by atoms with Gasteiger partial charge in [-0.3, -0.25) is 0 Å². The van der Waals surface area contributed by atoms with Gasteiger partial charge in [0.2, 0.25) is 0 Å². The van der Waals surface area contributed by atoms with Crippen LogP contribution in [0.1, 0.15) is 6.92 Å². The summed E-state index contributed by atoms with van der Waals surface area (Å²) in [4.78, 5) is 0. The van der Waals surface area contributed by atoms with Gasteiger partial charge in [-0.05, 0) is 19.1 Å². The van der Waals surface area contributed by atoms with Gasteiger partial charge in [-0.1, -0.05) is 18.2 Å². The van der Waals surface area contributed by atoms with E-state index in [2.05, 4.69) is 0 Å². The molecule has 0 saturated carbocycles. The zero-order valence-electron chi connectivity index (χ0n) is 6.82. The van der Waals surface area contributed by atoms with E-state index in [-0.39, 0.29) is 0 Å². The Bertz CT molecular complexity index is 308. The minimum absolute atomic E-state index is 0.601.